The standard InChI is InChI=1S/C12H22O2/c1-3-14-12(13)9-8-11-6-4-10(2)5-7-11/h10-11H,3-9H2,1-2H3. The maximum absolute atomic E-state index is 11.1. The summed E-state index contributed by atoms with van der Waals surface area (Å²) < 4.78 is 4.92. The number of carbonyl (C=O) groups excluding carboxylic acids is 1. The minimum absolute atomic E-state index is 0.0221. The predicted molar refractivity (Wildman–Crippen MR) is 57.0 cm³/mol. The van der Waals surface area contributed by atoms with Gasteiger partial charge in [-0.1, -0.05) is 32.6 Å². The molecule has 0 aromatic rings. The molecule has 0 amide bonds. The molecule has 2 heteroatoms. The van der Waals surface area contributed by atoms with Crippen molar-refractivity contribution >= 4 is 5.97 Å². The van der Waals surface area contributed by atoms with E-state index in [-0.39, 0.29) is 5.97 Å². The fourth-order valence-corrected chi connectivity index (χ4v) is 2.17. The first kappa shape index (κ1) is 11.5. The van der Waals surface area contributed by atoms with Crippen molar-refractivity contribution in [3.05, 3.63) is 0 Å². The monoisotopic (exact) mass is 198 g/mol. The third kappa shape index (κ3) is 4.12. The first-order valence-electron chi connectivity index (χ1n) is 5.88. The molecular weight excluding hydrogens is 176 g/mol. The van der Waals surface area contributed by atoms with Crippen LogP contribution in [0.3, 0.4) is 0 Å². The third-order valence-electron chi connectivity index (χ3n) is 3.20. The van der Waals surface area contributed by atoms with Crippen LogP contribution in [0.2, 0.25) is 0 Å². The lowest BCUT2D eigenvalue weighted by molar-refractivity contribution is -0.143. The van der Waals surface area contributed by atoms with Crippen LogP contribution < -0.4 is 0 Å². The summed E-state index contributed by atoms with van der Waals surface area (Å²) in [5, 5.41) is 0. The van der Waals surface area contributed by atoms with Crippen LogP contribution in [0.5, 0.6) is 0 Å². The summed E-state index contributed by atoms with van der Waals surface area (Å²) in [7, 11) is 0. The smallest absolute Gasteiger partial charge is 0.305 e. The Bertz CT molecular complexity index is 169. The first-order valence-corrected chi connectivity index (χ1v) is 5.88. The van der Waals surface area contributed by atoms with Gasteiger partial charge in [0, 0.05) is 6.42 Å². The van der Waals surface area contributed by atoms with Gasteiger partial charge in [-0.25, -0.2) is 0 Å². The molecule has 0 N–H and O–H groups in total. The molecule has 0 aliphatic heterocycles. The zero-order valence-electron chi connectivity index (χ0n) is 9.42. The predicted octanol–water partition coefficient (Wildman–Crippen LogP) is 3.16. The third-order valence-corrected chi connectivity index (χ3v) is 3.20. The summed E-state index contributed by atoms with van der Waals surface area (Å²) in [5.74, 6) is 1.65. The van der Waals surface area contributed by atoms with Gasteiger partial charge in [-0.2, -0.15) is 0 Å². The SMILES string of the molecule is CCOC(=O)CCC1CCC(C)CC1. The molecule has 14 heavy (non-hydrogen) atoms. The maximum atomic E-state index is 11.1. The van der Waals surface area contributed by atoms with Crippen molar-refractivity contribution in [2.24, 2.45) is 11.8 Å². The van der Waals surface area contributed by atoms with Gasteiger partial charge in [-0.3, -0.25) is 4.79 Å². The summed E-state index contributed by atoms with van der Waals surface area (Å²) in [5.41, 5.74) is 0. The van der Waals surface area contributed by atoms with E-state index in [0.29, 0.717) is 13.0 Å². The lowest BCUT2D eigenvalue weighted by Gasteiger charge is -2.25. The fourth-order valence-electron chi connectivity index (χ4n) is 2.17. The zero-order valence-corrected chi connectivity index (χ0v) is 9.42. The molecule has 0 aromatic heterocycles. The average molecular weight is 198 g/mol. The van der Waals surface area contributed by atoms with Crippen molar-refractivity contribution < 1.29 is 9.53 Å². The Morgan fingerprint density at radius 3 is 2.50 bits per heavy atom. The molecule has 82 valence electrons. The van der Waals surface area contributed by atoms with E-state index >= 15 is 0 Å². The van der Waals surface area contributed by atoms with Gasteiger partial charge in [0.1, 0.15) is 0 Å². The molecule has 0 radical (unpaired) electrons. The second-order valence-corrected chi connectivity index (χ2v) is 4.47. The Morgan fingerprint density at radius 2 is 1.93 bits per heavy atom. The molecular formula is C12H22O2. The van der Waals surface area contributed by atoms with Crippen molar-refractivity contribution in [3.63, 3.8) is 0 Å². The van der Waals surface area contributed by atoms with E-state index < -0.39 is 0 Å². The number of hydrogen-bond donors (Lipinski definition) is 0. The minimum atomic E-state index is -0.0221. The van der Waals surface area contributed by atoms with Crippen LogP contribution in [0.15, 0.2) is 0 Å². The molecule has 1 fully saturated rings. The van der Waals surface area contributed by atoms with E-state index in [2.05, 4.69) is 6.92 Å². The van der Waals surface area contributed by atoms with E-state index in [1.807, 2.05) is 6.92 Å². The molecule has 0 unspecified atom stereocenters. The van der Waals surface area contributed by atoms with Crippen LogP contribution in [-0.2, 0) is 9.53 Å². The highest BCUT2D eigenvalue weighted by atomic mass is 16.5. The van der Waals surface area contributed by atoms with Gasteiger partial charge in [0.15, 0.2) is 0 Å². The summed E-state index contributed by atoms with van der Waals surface area (Å²) in [6.45, 7) is 4.70. The number of esters is 1. The molecule has 1 aliphatic carbocycles. The normalized spacial score (nSPS) is 27.3. The largest absolute Gasteiger partial charge is 0.466 e. The lowest BCUT2D eigenvalue weighted by atomic mass is 9.81. The highest BCUT2D eigenvalue weighted by Gasteiger charge is 2.18. The van der Waals surface area contributed by atoms with Gasteiger partial charge in [-0.05, 0) is 25.2 Å². The minimum Gasteiger partial charge on any atom is -0.466 e. The van der Waals surface area contributed by atoms with Gasteiger partial charge >= 0.3 is 5.97 Å². The van der Waals surface area contributed by atoms with E-state index in [9.17, 15) is 4.79 Å². The van der Waals surface area contributed by atoms with Crippen molar-refractivity contribution in [3.8, 4) is 0 Å². The summed E-state index contributed by atoms with van der Waals surface area (Å²) in [6.07, 6.45) is 6.95. The first-order chi connectivity index (χ1) is 6.72. The van der Waals surface area contributed by atoms with E-state index in [4.69, 9.17) is 4.74 Å². The Kier molecular flexibility index (Phi) is 4.99. The van der Waals surface area contributed by atoms with E-state index in [1.165, 1.54) is 25.7 Å². The van der Waals surface area contributed by atoms with Gasteiger partial charge < -0.3 is 4.74 Å². The molecule has 2 nitrogen and oxygen atoms in total. The molecule has 0 heterocycles. The summed E-state index contributed by atoms with van der Waals surface area (Å²) in [6, 6.07) is 0. The van der Waals surface area contributed by atoms with Crippen LogP contribution in [-0.4, -0.2) is 12.6 Å². The highest BCUT2D eigenvalue weighted by Crippen LogP contribution is 2.30. The quantitative estimate of drug-likeness (QED) is 0.649. The van der Waals surface area contributed by atoms with Crippen molar-refractivity contribution in [1.82, 2.24) is 0 Å². The molecule has 0 spiro atoms. The van der Waals surface area contributed by atoms with E-state index in [1.54, 1.807) is 0 Å². The number of rotatable bonds is 4. The molecule has 0 aromatic carbocycles. The Labute approximate surface area is 87.0 Å². The summed E-state index contributed by atoms with van der Waals surface area (Å²) in [4.78, 5) is 11.1. The highest BCUT2D eigenvalue weighted by molar-refractivity contribution is 5.69. The van der Waals surface area contributed by atoms with Gasteiger partial charge in [0.2, 0.25) is 0 Å². The average Bonchev–Trinajstić information content (AvgIpc) is 2.17. The zero-order chi connectivity index (χ0) is 10.4. The van der Waals surface area contributed by atoms with Crippen molar-refractivity contribution in [2.45, 2.75) is 52.4 Å². The number of carbonyl (C=O) groups is 1. The van der Waals surface area contributed by atoms with Crippen LogP contribution >= 0.6 is 0 Å². The second kappa shape index (κ2) is 6.05. The van der Waals surface area contributed by atoms with Crippen LogP contribution in [0, 0.1) is 11.8 Å². The maximum Gasteiger partial charge on any atom is 0.305 e. The molecule has 0 atom stereocenters. The molecule has 1 saturated carbocycles. The van der Waals surface area contributed by atoms with Crippen LogP contribution in [0.1, 0.15) is 52.4 Å². The van der Waals surface area contributed by atoms with Crippen molar-refractivity contribution in [2.75, 3.05) is 6.61 Å². The van der Waals surface area contributed by atoms with E-state index in [0.717, 1.165) is 18.3 Å². The second-order valence-electron chi connectivity index (χ2n) is 4.47. The molecule has 1 rings (SSSR count). The number of hydrogen-bond acceptors (Lipinski definition) is 2. The lowest BCUT2D eigenvalue weighted by Crippen LogP contribution is -2.14. The topological polar surface area (TPSA) is 26.3 Å². The van der Waals surface area contributed by atoms with Crippen LogP contribution in [0.25, 0.3) is 0 Å². The van der Waals surface area contributed by atoms with Gasteiger partial charge in [0.05, 0.1) is 6.61 Å². The molecule has 0 bridgehead atoms. The molecule has 1 aliphatic rings. The Morgan fingerprint density at radius 1 is 1.29 bits per heavy atom. The Balaban J connectivity index is 2.09. The van der Waals surface area contributed by atoms with Crippen LogP contribution in [0.4, 0.5) is 0 Å². The number of ether oxygens (including phenoxy) is 1. The molecule has 0 saturated heterocycles. The summed E-state index contributed by atoms with van der Waals surface area (Å²) >= 11 is 0. The Hall–Kier alpha value is -0.530. The fraction of sp³-hybridized carbons (Fsp3) is 0.917. The van der Waals surface area contributed by atoms with Gasteiger partial charge in [0.25, 0.3) is 0 Å². The van der Waals surface area contributed by atoms with Gasteiger partial charge in [-0.15, -0.1) is 0 Å². The van der Waals surface area contributed by atoms with Crippen molar-refractivity contribution in [1.29, 1.82) is 0 Å².